The number of anilines is 1. The van der Waals surface area contributed by atoms with Crippen molar-refractivity contribution in [3.05, 3.63) is 71.9 Å². The van der Waals surface area contributed by atoms with Crippen molar-refractivity contribution in [2.24, 2.45) is 15.9 Å². The molecule has 1 N–H and O–H groups in total. The summed E-state index contributed by atoms with van der Waals surface area (Å²) in [6, 6.07) is 19.1. The van der Waals surface area contributed by atoms with Gasteiger partial charge in [-0.15, -0.1) is 0 Å². The Hall–Kier alpha value is -3.87. The van der Waals surface area contributed by atoms with Crippen LogP contribution in [0.2, 0.25) is 0 Å². The van der Waals surface area contributed by atoms with Gasteiger partial charge in [-0.25, -0.2) is 4.99 Å². The van der Waals surface area contributed by atoms with Gasteiger partial charge in [0.15, 0.2) is 0 Å². The monoisotopic (exact) mass is 411 g/mol. The topological polar surface area (TPSA) is 88.7 Å². The van der Waals surface area contributed by atoms with Gasteiger partial charge in [0, 0.05) is 17.3 Å². The fourth-order valence-electron chi connectivity index (χ4n) is 4.03. The first-order valence-corrected chi connectivity index (χ1v) is 10.3. The lowest BCUT2D eigenvalue weighted by atomic mass is 10.0. The number of aromatic nitrogens is 2. The maximum Gasteiger partial charge on any atom is 0.257 e. The zero-order chi connectivity index (χ0) is 21.4. The molecule has 0 bridgehead atoms. The summed E-state index contributed by atoms with van der Waals surface area (Å²) in [5.74, 6) is -0.00105. The summed E-state index contributed by atoms with van der Waals surface area (Å²) in [5.41, 5.74) is 4.20. The first kappa shape index (κ1) is 19.1. The molecule has 0 radical (unpaired) electrons. The minimum atomic E-state index is -0.269. The zero-order valence-corrected chi connectivity index (χ0v) is 17.1. The summed E-state index contributed by atoms with van der Waals surface area (Å²) in [7, 11) is 0. The van der Waals surface area contributed by atoms with Crippen LogP contribution >= 0.6 is 0 Å². The van der Waals surface area contributed by atoms with Gasteiger partial charge in [0.25, 0.3) is 17.8 Å². The van der Waals surface area contributed by atoms with Crippen molar-refractivity contribution in [1.29, 1.82) is 0 Å². The lowest BCUT2D eigenvalue weighted by Crippen LogP contribution is -2.29. The third kappa shape index (κ3) is 3.70. The summed E-state index contributed by atoms with van der Waals surface area (Å²) in [4.78, 5) is 33.9. The molecule has 1 saturated carbocycles. The predicted octanol–water partition coefficient (Wildman–Crippen LogP) is 4.10. The summed E-state index contributed by atoms with van der Waals surface area (Å²) < 4.78 is 1.44. The highest BCUT2D eigenvalue weighted by Crippen LogP contribution is 2.27. The molecule has 1 atom stereocenters. The van der Waals surface area contributed by atoms with Crippen molar-refractivity contribution in [1.82, 2.24) is 9.78 Å². The second-order valence-electron chi connectivity index (χ2n) is 7.78. The number of nitrogens with zero attached hydrogens (tertiary/aromatic N) is 4. The van der Waals surface area contributed by atoms with Crippen LogP contribution in [0.1, 0.15) is 35.3 Å². The van der Waals surface area contributed by atoms with E-state index < -0.39 is 0 Å². The van der Waals surface area contributed by atoms with E-state index in [1.165, 1.54) is 4.68 Å². The Labute approximate surface area is 179 Å². The van der Waals surface area contributed by atoms with Gasteiger partial charge in [-0.05, 0) is 49.4 Å². The molecule has 154 valence electrons. The van der Waals surface area contributed by atoms with Crippen LogP contribution in [0.15, 0.2) is 70.6 Å². The number of aliphatic imine (C=N–C) groups is 2. The van der Waals surface area contributed by atoms with E-state index in [9.17, 15) is 9.59 Å². The van der Waals surface area contributed by atoms with E-state index in [0.29, 0.717) is 17.1 Å². The molecule has 7 nitrogen and oxygen atoms in total. The van der Waals surface area contributed by atoms with E-state index in [2.05, 4.69) is 20.4 Å². The summed E-state index contributed by atoms with van der Waals surface area (Å²) in [5, 5.41) is 7.27. The highest BCUT2D eigenvalue weighted by atomic mass is 16.2. The highest BCUT2D eigenvalue weighted by molar-refractivity contribution is 6.17. The molecule has 1 aliphatic carbocycles. The third-order valence-electron chi connectivity index (χ3n) is 5.60. The lowest BCUT2D eigenvalue weighted by molar-refractivity contribution is -0.119. The minimum Gasteiger partial charge on any atom is -0.306 e. The van der Waals surface area contributed by atoms with E-state index in [1.54, 1.807) is 18.2 Å². The van der Waals surface area contributed by atoms with E-state index in [-0.39, 0.29) is 23.7 Å². The number of aryl methyl sites for hydroxylation is 1. The summed E-state index contributed by atoms with van der Waals surface area (Å²) in [6.45, 7) is 1.82. The van der Waals surface area contributed by atoms with Crippen LogP contribution in [0.4, 0.5) is 5.82 Å². The molecular weight excluding hydrogens is 390 g/mol. The fraction of sp³-hybridized carbons (Fsp3) is 0.208. The minimum absolute atomic E-state index is 0.181. The molecular formula is C24H21N5O2. The standard InChI is InChI=1S/C24H21N5O2/c1-15-14-21(29(28-15)24-25-20-9-5-8-19(20)23(31)27-24)26-22(30)18-12-10-17(11-13-18)16-6-3-2-4-7-16/h2-4,6-7,10-14,19H,5,8-9H2,1H3,(H,26,30). The van der Waals surface area contributed by atoms with Crippen molar-refractivity contribution in [2.75, 3.05) is 5.32 Å². The van der Waals surface area contributed by atoms with Crippen molar-refractivity contribution >= 4 is 29.3 Å². The molecule has 2 amide bonds. The third-order valence-corrected chi connectivity index (χ3v) is 5.60. The Morgan fingerprint density at radius 1 is 1.03 bits per heavy atom. The molecule has 2 heterocycles. The average Bonchev–Trinajstić information content (AvgIpc) is 3.41. The van der Waals surface area contributed by atoms with E-state index >= 15 is 0 Å². The first-order chi connectivity index (χ1) is 15.1. The Bertz CT molecular complexity index is 1220. The van der Waals surface area contributed by atoms with Crippen LogP contribution in [0, 0.1) is 12.8 Å². The molecule has 0 saturated heterocycles. The van der Waals surface area contributed by atoms with Gasteiger partial charge in [-0.3, -0.25) is 9.59 Å². The van der Waals surface area contributed by atoms with Crippen molar-refractivity contribution < 1.29 is 9.59 Å². The quantitative estimate of drug-likeness (QED) is 0.704. The molecule has 2 aromatic carbocycles. The molecule has 7 heteroatoms. The molecule has 1 aromatic heterocycles. The average molecular weight is 411 g/mol. The highest BCUT2D eigenvalue weighted by Gasteiger charge is 2.33. The van der Waals surface area contributed by atoms with Gasteiger partial charge >= 0.3 is 0 Å². The van der Waals surface area contributed by atoms with Crippen LogP contribution in [0.3, 0.4) is 0 Å². The first-order valence-electron chi connectivity index (χ1n) is 10.3. The number of fused-ring (bicyclic) bond motifs is 1. The molecule has 3 aromatic rings. The molecule has 1 unspecified atom stereocenters. The molecule has 2 aliphatic rings. The van der Waals surface area contributed by atoms with Crippen LogP contribution in [0.5, 0.6) is 0 Å². The Balaban J connectivity index is 1.39. The maximum atomic E-state index is 12.9. The molecule has 1 fully saturated rings. The zero-order valence-electron chi connectivity index (χ0n) is 17.1. The van der Waals surface area contributed by atoms with Crippen molar-refractivity contribution in [3.8, 4) is 11.1 Å². The van der Waals surface area contributed by atoms with Crippen LogP contribution in [0.25, 0.3) is 11.1 Å². The number of rotatable bonds is 3. The Morgan fingerprint density at radius 3 is 2.55 bits per heavy atom. The summed E-state index contributed by atoms with van der Waals surface area (Å²) in [6.07, 6.45) is 2.54. The number of nitrogens with one attached hydrogen (secondary N) is 1. The number of hydrogen-bond acceptors (Lipinski definition) is 4. The van der Waals surface area contributed by atoms with Gasteiger partial charge in [-0.1, -0.05) is 42.5 Å². The van der Waals surface area contributed by atoms with Crippen LogP contribution in [-0.4, -0.2) is 33.3 Å². The number of amides is 2. The lowest BCUT2D eigenvalue weighted by Gasteiger charge is -2.15. The predicted molar refractivity (Wildman–Crippen MR) is 119 cm³/mol. The fourth-order valence-corrected chi connectivity index (χ4v) is 4.03. The van der Waals surface area contributed by atoms with E-state index in [4.69, 9.17) is 0 Å². The van der Waals surface area contributed by atoms with Crippen LogP contribution < -0.4 is 5.32 Å². The van der Waals surface area contributed by atoms with Crippen molar-refractivity contribution in [3.63, 3.8) is 0 Å². The number of carbonyl (C=O) groups is 2. The van der Waals surface area contributed by atoms with Gasteiger partial charge in [-0.2, -0.15) is 14.8 Å². The summed E-state index contributed by atoms with van der Waals surface area (Å²) >= 11 is 0. The molecule has 31 heavy (non-hydrogen) atoms. The molecule has 5 rings (SSSR count). The van der Waals surface area contributed by atoms with E-state index in [0.717, 1.165) is 36.1 Å². The SMILES string of the molecule is Cc1cc(NC(=O)c2ccc(-c3ccccc3)cc2)n(C2=NC(=O)C3CCCC3=N2)n1. The molecule has 0 spiro atoms. The second-order valence-corrected chi connectivity index (χ2v) is 7.78. The van der Waals surface area contributed by atoms with E-state index in [1.807, 2.05) is 49.4 Å². The largest absolute Gasteiger partial charge is 0.306 e. The van der Waals surface area contributed by atoms with Gasteiger partial charge in [0.1, 0.15) is 5.82 Å². The number of benzene rings is 2. The van der Waals surface area contributed by atoms with Gasteiger partial charge < -0.3 is 5.32 Å². The number of carbonyl (C=O) groups excluding carboxylic acids is 2. The Morgan fingerprint density at radius 2 is 1.77 bits per heavy atom. The van der Waals surface area contributed by atoms with Crippen molar-refractivity contribution in [2.45, 2.75) is 26.2 Å². The maximum absolute atomic E-state index is 12.9. The van der Waals surface area contributed by atoms with Gasteiger partial charge in [0.05, 0.1) is 11.6 Å². The second kappa shape index (κ2) is 7.75. The van der Waals surface area contributed by atoms with Gasteiger partial charge in [0.2, 0.25) is 0 Å². The normalized spacial score (nSPS) is 17.7. The van der Waals surface area contributed by atoms with Crippen LogP contribution in [-0.2, 0) is 4.79 Å². The number of hydrogen-bond donors (Lipinski definition) is 1. The smallest absolute Gasteiger partial charge is 0.257 e. The Kier molecular flexibility index (Phi) is 4.78. The molecule has 1 aliphatic heterocycles.